The summed E-state index contributed by atoms with van der Waals surface area (Å²) >= 11 is 5.74. The number of benzene rings is 3. The molecule has 1 aliphatic heterocycles. The number of sulfonamides is 1. The summed E-state index contributed by atoms with van der Waals surface area (Å²) in [5.74, 6) is -0.673. The number of nitrogens with one attached hydrogen (secondary N) is 1. The number of nitrogens with zero attached hydrogens (tertiary/aromatic N) is 2. The molecule has 1 aliphatic rings. The molecule has 0 radical (unpaired) electrons. The molecule has 0 saturated carbocycles. The highest BCUT2D eigenvalue weighted by atomic mass is 35.5. The van der Waals surface area contributed by atoms with Gasteiger partial charge in [-0.3, -0.25) is 9.10 Å². The van der Waals surface area contributed by atoms with E-state index < -0.39 is 39.2 Å². The molecular weight excluding hydrogens is 539 g/mol. The Labute approximate surface area is 225 Å². The summed E-state index contributed by atoms with van der Waals surface area (Å²) in [5.41, 5.74) is 1.18. The fourth-order valence-corrected chi connectivity index (χ4v) is 5.86. The van der Waals surface area contributed by atoms with Crippen LogP contribution in [-0.2, 0) is 27.5 Å². The monoisotopic (exact) mass is 565 g/mol. The molecule has 6 nitrogen and oxygen atoms in total. The lowest BCUT2D eigenvalue weighted by molar-refractivity contribution is -0.137. The Balaban J connectivity index is 1.57. The van der Waals surface area contributed by atoms with Gasteiger partial charge in [0.15, 0.2) is 0 Å². The van der Waals surface area contributed by atoms with E-state index in [0.717, 1.165) is 54.9 Å². The molecular formula is C27H27ClF3N3O3S. The van der Waals surface area contributed by atoms with Gasteiger partial charge in [-0.1, -0.05) is 41.4 Å². The normalized spacial score (nSPS) is 14.0. The predicted octanol–water partition coefficient (Wildman–Crippen LogP) is 5.78. The highest BCUT2D eigenvalue weighted by Gasteiger charge is 2.35. The molecule has 3 aromatic carbocycles. The third-order valence-electron chi connectivity index (χ3n) is 6.34. The van der Waals surface area contributed by atoms with Crippen molar-refractivity contribution >= 4 is 38.9 Å². The lowest BCUT2D eigenvalue weighted by Crippen LogP contribution is -2.40. The second-order valence-electron chi connectivity index (χ2n) is 9.12. The highest BCUT2D eigenvalue weighted by molar-refractivity contribution is 7.92. The average Bonchev–Trinajstić information content (AvgIpc) is 3.41. The summed E-state index contributed by atoms with van der Waals surface area (Å²) in [7, 11) is -4.38. The SMILES string of the molecule is Cc1ccc(S(=O)(=O)N(CC(=O)NCc2ccc(N3CCCC3)cc2)c2ccc(Cl)c(C(F)(F)F)c2)cc1. The standard InChI is InChI=1S/C27H27ClF3N3O3S/c1-19-4-11-23(12-5-19)38(36,37)34(22-10-13-25(28)24(16-22)27(29,30)31)18-26(35)32-17-20-6-8-21(9-7-20)33-14-2-3-15-33/h4-13,16H,2-3,14-15,17-18H2,1H3,(H,32,35). The first-order valence-electron chi connectivity index (χ1n) is 12.0. The largest absolute Gasteiger partial charge is 0.417 e. The van der Waals surface area contributed by atoms with Gasteiger partial charge in [-0.05, 0) is 67.8 Å². The van der Waals surface area contributed by atoms with Crippen LogP contribution >= 0.6 is 11.6 Å². The molecule has 0 aliphatic carbocycles. The third kappa shape index (κ3) is 6.42. The molecule has 4 rings (SSSR count). The summed E-state index contributed by atoms with van der Waals surface area (Å²) in [6.07, 6.45) is -2.51. The van der Waals surface area contributed by atoms with Crippen LogP contribution in [0.15, 0.2) is 71.6 Å². The van der Waals surface area contributed by atoms with Crippen LogP contribution in [-0.4, -0.2) is 34.0 Å². The minimum absolute atomic E-state index is 0.131. The van der Waals surface area contributed by atoms with E-state index in [1.807, 2.05) is 24.3 Å². The van der Waals surface area contributed by atoms with E-state index in [1.54, 1.807) is 19.1 Å². The van der Waals surface area contributed by atoms with Crippen LogP contribution in [0.1, 0.15) is 29.5 Å². The number of carbonyl (C=O) groups is 1. The Morgan fingerprint density at radius 2 is 1.63 bits per heavy atom. The number of aryl methyl sites for hydroxylation is 1. The Morgan fingerprint density at radius 3 is 2.24 bits per heavy atom. The molecule has 3 aromatic rings. The molecule has 0 bridgehead atoms. The molecule has 0 unspecified atom stereocenters. The average molecular weight is 566 g/mol. The fourth-order valence-electron chi connectivity index (χ4n) is 4.23. The van der Waals surface area contributed by atoms with Crippen LogP contribution in [0.5, 0.6) is 0 Å². The summed E-state index contributed by atoms with van der Waals surface area (Å²) in [5, 5.41) is 2.10. The Hall–Kier alpha value is -3.24. The maximum absolute atomic E-state index is 13.5. The van der Waals surface area contributed by atoms with Crippen molar-refractivity contribution in [3.63, 3.8) is 0 Å². The Morgan fingerprint density at radius 1 is 1.00 bits per heavy atom. The first-order chi connectivity index (χ1) is 17.9. The van der Waals surface area contributed by atoms with Crippen molar-refractivity contribution in [2.75, 3.05) is 28.8 Å². The quantitative estimate of drug-likeness (QED) is 0.376. The lowest BCUT2D eigenvalue weighted by Gasteiger charge is -2.25. The maximum atomic E-state index is 13.5. The minimum atomic E-state index is -4.81. The molecule has 11 heteroatoms. The summed E-state index contributed by atoms with van der Waals surface area (Å²) in [4.78, 5) is 15.0. The highest BCUT2D eigenvalue weighted by Crippen LogP contribution is 2.38. The first kappa shape index (κ1) is 27.8. The zero-order chi connectivity index (χ0) is 27.5. The van der Waals surface area contributed by atoms with Gasteiger partial charge >= 0.3 is 6.18 Å². The molecule has 1 saturated heterocycles. The van der Waals surface area contributed by atoms with Crippen LogP contribution in [0.4, 0.5) is 24.5 Å². The molecule has 1 heterocycles. The number of hydrogen-bond acceptors (Lipinski definition) is 4. The van der Waals surface area contributed by atoms with Crippen LogP contribution in [0.2, 0.25) is 5.02 Å². The van der Waals surface area contributed by atoms with E-state index in [4.69, 9.17) is 11.6 Å². The smallest absolute Gasteiger partial charge is 0.372 e. The minimum Gasteiger partial charge on any atom is -0.372 e. The van der Waals surface area contributed by atoms with E-state index in [2.05, 4.69) is 10.2 Å². The fraction of sp³-hybridized carbons (Fsp3) is 0.296. The van der Waals surface area contributed by atoms with Gasteiger partial charge in [0.05, 0.1) is 21.2 Å². The number of hydrogen-bond donors (Lipinski definition) is 1. The van der Waals surface area contributed by atoms with E-state index in [9.17, 15) is 26.4 Å². The van der Waals surface area contributed by atoms with Crippen molar-refractivity contribution in [2.45, 2.75) is 37.4 Å². The van der Waals surface area contributed by atoms with Crippen molar-refractivity contribution in [1.82, 2.24) is 5.32 Å². The molecule has 1 N–H and O–H groups in total. The summed E-state index contributed by atoms with van der Waals surface area (Å²) in [6, 6.07) is 16.3. The molecule has 0 atom stereocenters. The number of amides is 1. The zero-order valence-corrected chi connectivity index (χ0v) is 22.2. The van der Waals surface area contributed by atoms with Crippen LogP contribution in [0, 0.1) is 6.92 Å². The van der Waals surface area contributed by atoms with Crippen LogP contribution in [0.25, 0.3) is 0 Å². The van der Waals surface area contributed by atoms with E-state index in [-0.39, 0.29) is 17.1 Å². The van der Waals surface area contributed by atoms with E-state index in [1.165, 1.54) is 12.1 Å². The number of anilines is 2. The van der Waals surface area contributed by atoms with Crippen molar-refractivity contribution < 1.29 is 26.4 Å². The van der Waals surface area contributed by atoms with Gasteiger partial charge in [-0.2, -0.15) is 13.2 Å². The van der Waals surface area contributed by atoms with Crippen molar-refractivity contribution in [3.05, 3.63) is 88.4 Å². The van der Waals surface area contributed by atoms with E-state index >= 15 is 0 Å². The van der Waals surface area contributed by atoms with Crippen molar-refractivity contribution in [3.8, 4) is 0 Å². The topological polar surface area (TPSA) is 69.7 Å². The van der Waals surface area contributed by atoms with Gasteiger partial charge in [0.2, 0.25) is 5.91 Å². The van der Waals surface area contributed by atoms with Gasteiger partial charge in [0, 0.05) is 25.3 Å². The molecule has 1 fully saturated rings. The number of rotatable bonds is 8. The second kappa shape index (κ2) is 11.2. The summed E-state index contributed by atoms with van der Waals surface area (Å²) in [6.45, 7) is 3.19. The zero-order valence-electron chi connectivity index (χ0n) is 20.6. The van der Waals surface area contributed by atoms with Gasteiger partial charge < -0.3 is 10.2 Å². The number of carbonyl (C=O) groups excluding carboxylic acids is 1. The van der Waals surface area contributed by atoms with Crippen LogP contribution < -0.4 is 14.5 Å². The van der Waals surface area contributed by atoms with Crippen molar-refractivity contribution in [1.29, 1.82) is 0 Å². The maximum Gasteiger partial charge on any atom is 0.417 e. The second-order valence-corrected chi connectivity index (χ2v) is 11.4. The van der Waals surface area contributed by atoms with Crippen molar-refractivity contribution in [2.24, 2.45) is 0 Å². The first-order valence-corrected chi connectivity index (χ1v) is 13.8. The van der Waals surface area contributed by atoms with Crippen LogP contribution in [0.3, 0.4) is 0 Å². The number of halogens is 4. The Bertz CT molecular complexity index is 1390. The predicted molar refractivity (Wildman–Crippen MR) is 142 cm³/mol. The van der Waals surface area contributed by atoms with Gasteiger partial charge in [-0.15, -0.1) is 0 Å². The molecule has 0 aromatic heterocycles. The van der Waals surface area contributed by atoms with Gasteiger partial charge in [0.1, 0.15) is 6.54 Å². The summed E-state index contributed by atoms with van der Waals surface area (Å²) < 4.78 is 68.2. The number of alkyl halides is 3. The molecule has 38 heavy (non-hydrogen) atoms. The Kier molecular flexibility index (Phi) is 8.22. The molecule has 202 valence electrons. The van der Waals surface area contributed by atoms with E-state index in [0.29, 0.717) is 10.4 Å². The molecule has 0 spiro atoms. The lowest BCUT2D eigenvalue weighted by atomic mass is 10.2. The third-order valence-corrected chi connectivity index (χ3v) is 8.45. The van der Waals surface area contributed by atoms with Gasteiger partial charge in [-0.25, -0.2) is 8.42 Å². The molecule has 1 amide bonds. The van der Waals surface area contributed by atoms with Gasteiger partial charge in [0.25, 0.3) is 10.0 Å².